The Bertz CT molecular complexity index is 1440. The Labute approximate surface area is 277 Å². The molecule has 20 heteroatoms. The summed E-state index contributed by atoms with van der Waals surface area (Å²) in [6.45, 7) is -4.76. The molecule has 2 amide bonds. The van der Waals surface area contributed by atoms with Crippen molar-refractivity contribution in [2.75, 3.05) is 71.9 Å². The minimum absolute atomic E-state index is 0. The molecule has 0 aliphatic carbocycles. The van der Waals surface area contributed by atoms with Crippen LogP contribution in [-0.4, -0.2) is 116 Å². The van der Waals surface area contributed by atoms with Crippen molar-refractivity contribution in [2.24, 2.45) is 0 Å². The van der Waals surface area contributed by atoms with Gasteiger partial charge in [-0.3, -0.25) is 14.6 Å². The Morgan fingerprint density at radius 2 is 1.38 bits per heavy atom. The average Bonchev–Trinajstić information content (AvgIpc) is 2.91. The van der Waals surface area contributed by atoms with E-state index in [1.165, 1.54) is 20.5 Å². The van der Waals surface area contributed by atoms with Gasteiger partial charge in [-0.25, -0.2) is 11.1 Å². The summed E-state index contributed by atoms with van der Waals surface area (Å²) in [7, 11) is 2.40. The van der Waals surface area contributed by atoms with Gasteiger partial charge in [-0.1, -0.05) is 6.54 Å². The standard InChI is InChI=1S/C25H29F3N5O11.Y/c1-43-16-9-14-15(10-17(16)44-2)29-23(41)22(21(14)25(26,27)28)30-24(42)33(7-8-34)6-5-31(11-18(35)36)3-4-32(12-19(37)38)13-20(39)40;/h9-10H,3-7,11-13H2,1-2H3,(H,29,41)(H,30,42)(H,35,36)(H,37,38)(H,39,40);/q-1;/p-3. The third-order valence-electron chi connectivity index (χ3n) is 6.05. The minimum atomic E-state index is -5.18. The zero-order chi connectivity index (χ0) is 33.2. The van der Waals surface area contributed by atoms with E-state index in [1.54, 1.807) is 0 Å². The number of rotatable bonds is 17. The van der Waals surface area contributed by atoms with Crippen LogP contribution in [0.25, 0.3) is 10.9 Å². The zero-order valence-corrected chi connectivity index (χ0v) is 26.7. The molecule has 0 spiro atoms. The number of ether oxygens (including phenoxy) is 2. The number of carboxylic acids is 3. The largest absolute Gasteiger partial charge is 0.549 e. The maximum Gasteiger partial charge on any atom is 0.419 e. The molecule has 0 atom stereocenters. The first kappa shape index (κ1) is 39.2. The summed E-state index contributed by atoms with van der Waals surface area (Å²) < 4.78 is 52.9. The molecule has 1 aromatic carbocycles. The van der Waals surface area contributed by atoms with Crippen LogP contribution >= 0.6 is 0 Å². The number of anilines is 1. The van der Waals surface area contributed by atoms with Gasteiger partial charge in [-0.05, 0) is 6.07 Å². The molecule has 0 saturated heterocycles. The number of nitrogens with one attached hydrogen (secondary N) is 2. The maximum absolute atomic E-state index is 14.3. The number of hydrogen-bond acceptors (Lipinski definition) is 13. The molecule has 2 aromatic rings. The van der Waals surface area contributed by atoms with Crippen molar-refractivity contribution in [1.82, 2.24) is 19.7 Å². The van der Waals surface area contributed by atoms with Crippen LogP contribution in [0, 0.1) is 0 Å². The van der Waals surface area contributed by atoms with Crippen molar-refractivity contribution >= 4 is 46.8 Å². The first-order valence-electron chi connectivity index (χ1n) is 12.5. The second kappa shape index (κ2) is 17.6. The summed E-state index contributed by atoms with van der Waals surface area (Å²) in [6, 6.07) is 0.687. The van der Waals surface area contributed by atoms with E-state index in [1.807, 2.05) is 5.32 Å². The number of H-pyrrole nitrogens is 1. The molecular weight excluding hydrogens is 692 g/mol. The molecule has 0 bridgehead atoms. The SMILES string of the molecule is COc1cc2[nH]c(=O)c(NC(=O)N(C[C-]=O)CCN(CCN(CC(=O)[O-])CC(=O)[O-])CC(=O)[O-])c(C(F)(F)F)c2cc1OC.[Y]. The van der Waals surface area contributed by atoms with Gasteiger partial charge in [0.2, 0.25) is 0 Å². The summed E-state index contributed by atoms with van der Waals surface area (Å²) in [5, 5.41) is 34.3. The van der Waals surface area contributed by atoms with Gasteiger partial charge in [0.1, 0.15) is 5.69 Å². The van der Waals surface area contributed by atoms with Crippen LogP contribution in [-0.2, 0) is 58.1 Å². The van der Waals surface area contributed by atoms with Crippen LogP contribution < -0.4 is 35.7 Å². The summed E-state index contributed by atoms with van der Waals surface area (Å²) in [6.07, 6.45) is -3.79. The predicted octanol–water partition coefficient (Wildman–Crippen LogP) is -3.64. The van der Waals surface area contributed by atoms with Crippen LogP contribution in [0.1, 0.15) is 5.56 Å². The number of aliphatic carboxylic acids is 3. The number of fused-ring (bicyclic) bond motifs is 1. The van der Waals surface area contributed by atoms with E-state index >= 15 is 0 Å². The van der Waals surface area contributed by atoms with Gasteiger partial charge < -0.3 is 59.2 Å². The first-order chi connectivity index (χ1) is 20.6. The Hall–Kier alpha value is -3.81. The zero-order valence-electron chi connectivity index (χ0n) is 23.9. The number of carbonyl (C=O) groups excluding carboxylic acids is 5. The van der Waals surface area contributed by atoms with Crippen molar-refractivity contribution in [2.45, 2.75) is 6.18 Å². The Kier molecular flexibility index (Phi) is 15.4. The first-order valence-corrected chi connectivity index (χ1v) is 12.5. The molecule has 45 heavy (non-hydrogen) atoms. The second-order valence-electron chi connectivity index (χ2n) is 9.05. The van der Waals surface area contributed by atoms with Gasteiger partial charge in [-0.2, -0.15) is 13.2 Å². The quantitative estimate of drug-likeness (QED) is 0.151. The molecule has 1 aromatic heterocycles. The number of pyridine rings is 1. The molecule has 0 saturated carbocycles. The van der Waals surface area contributed by atoms with E-state index in [4.69, 9.17) is 9.47 Å². The Morgan fingerprint density at radius 3 is 1.87 bits per heavy atom. The Balaban J connectivity index is 0.0000101. The normalized spacial score (nSPS) is 11.2. The van der Waals surface area contributed by atoms with Gasteiger partial charge in [0.25, 0.3) is 5.56 Å². The second-order valence-corrected chi connectivity index (χ2v) is 9.05. The number of alkyl halides is 3. The van der Waals surface area contributed by atoms with E-state index in [-0.39, 0.29) is 69.4 Å². The molecule has 2 N–H and O–H groups in total. The summed E-state index contributed by atoms with van der Waals surface area (Å²) >= 11 is 0. The number of aromatic nitrogens is 1. The number of halogens is 3. The van der Waals surface area contributed by atoms with Crippen LogP contribution in [0.3, 0.4) is 0 Å². The number of aromatic amines is 1. The number of carboxylic acid groups (broad SMARTS) is 3. The fraction of sp³-hybridized carbons (Fsp3) is 0.440. The summed E-state index contributed by atoms with van der Waals surface area (Å²) in [4.78, 5) is 74.7. The molecule has 0 fully saturated rings. The smallest absolute Gasteiger partial charge is 0.419 e. The number of hydrogen-bond donors (Lipinski definition) is 2. The molecule has 1 heterocycles. The van der Waals surface area contributed by atoms with Gasteiger partial charge >= 0.3 is 12.2 Å². The molecule has 1 radical (unpaired) electrons. The molecule has 2 rings (SSSR count). The van der Waals surface area contributed by atoms with E-state index in [0.29, 0.717) is 4.90 Å². The molecule has 245 valence electrons. The van der Waals surface area contributed by atoms with Crippen molar-refractivity contribution in [3.8, 4) is 11.5 Å². The third kappa shape index (κ3) is 11.6. The van der Waals surface area contributed by atoms with Crippen molar-refractivity contribution in [3.63, 3.8) is 0 Å². The topological polar surface area (TPSA) is 228 Å². The number of urea groups is 1. The van der Waals surface area contributed by atoms with Crippen LogP contribution in [0.2, 0.25) is 0 Å². The van der Waals surface area contributed by atoms with E-state index in [0.717, 1.165) is 21.9 Å². The number of amides is 2. The molecule has 0 aliphatic heterocycles. The third-order valence-corrected chi connectivity index (χ3v) is 6.05. The van der Waals surface area contributed by atoms with Gasteiger partial charge in [0, 0.05) is 90.0 Å². The van der Waals surface area contributed by atoms with E-state index < -0.39 is 85.0 Å². The average molecular weight is 718 g/mol. The fourth-order valence-corrected chi connectivity index (χ4v) is 4.13. The van der Waals surface area contributed by atoms with E-state index in [9.17, 15) is 57.3 Å². The summed E-state index contributed by atoms with van der Waals surface area (Å²) in [5.41, 5.74) is -4.37. The number of carbonyl (C=O) groups is 4. The predicted molar refractivity (Wildman–Crippen MR) is 137 cm³/mol. The number of benzene rings is 1. The van der Waals surface area contributed by atoms with Gasteiger partial charge in [-0.15, -0.1) is 0 Å². The molecular formula is C25H26F3N5O11Y-4. The minimum Gasteiger partial charge on any atom is -0.549 e. The summed E-state index contributed by atoms with van der Waals surface area (Å²) in [5.74, 6) is -4.96. The monoisotopic (exact) mass is 718 g/mol. The molecule has 0 aliphatic rings. The number of nitrogens with zero attached hydrogens (tertiary/aromatic N) is 3. The van der Waals surface area contributed by atoms with Crippen LogP contribution in [0.5, 0.6) is 11.5 Å². The molecule has 16 nitrogen and oxygen atoms in total. The van der Waals surface area contributed by atoms with Gasteiger partial charge in [0.05, 0.1) is 43.2 Å². The van der Waals surface area contributed by atoms with Crippen molar-refractivity contribution in [3.05, 3.63) is 28.0 Å². The van der Waals surface area contributed by atoms with E-state index in [2.05, 4.69) is 4.98 Å². The van der Waals surface area contributed by atoms with Crippen molar-refractivity contribution < 1.29 is 94.6 Å². The van der Waals surface area contributed by atoms with Crippen molar-refractivity contribution in [1.29, 1.82) is 0 Å². The molecule has 0 unspecified atom stereocenters. The van der Waals surface area contributed by atoms with Crippen LogP contribution in [0.4, 0.5) is 23.7 Å². The number of methoxy groups -OCH3 is 2. The fourth-order valence-electron chi connectivity index (χ4n) is 4.13. The Morgan fingerprint density at radius 1 is 0.889 bits per heavy atom. The van der Waals surface area contributed by atoms with Gasteiger partial charge in [0.15, 0.2) is 11.5 Å². The maximum atomic E-state index is 14.3. The van der Waals surface area contributed by atoms with Crippen LogP contribution in [0.15, 0.2) is 16.9 Å².